The van der Waals surface area contributed by atoms with Gasteiger partial charge in [-0.3, -0.25) is 0 Å². The zero-order chi connectivity index (χ0) is 6.41. The molecule has 0 spiro atoms. The molecule has 0 saturated carbocycles. The van der Waals surface area contributed by atoms with E-state index in [1.54, 1.807) is 0 Å². The summed E-state index contributed by atoms with van der Waals surface area (Å²) >= 11 is 0. The summed E-state index contributed by atoms with van der Waals surface area (Å²) in [5, 5.41) is 11.5. The highest BCUT2D eigenvalue weighted by atomic mass is 15.3. The number of nitrogens with one attached hydrogen (secondary N) is 1. The zero-order valence-corrected chi connectivity index (χ0v) is 4.89. The average Bonchev–Trinajstić information content (AvgIpc) is 1.68. The number of hydrogen-bond donors (Lipinski definition) is 1. The number of hydrogen-bond acceptors (Lipinski definition) is 3. The van der Waals surface area contributed by atoms with Gasteiger partial charge in [-0.25, -0.2) is 0 Å². The van der Waals surface area contributed by atoms with Crippen LogP contribution < -0.4 is 5.43 Å². The molecule has 0 bridgehead atoms. The van der Waals surface area contributed by atoms with E-state index < -0.39 is 0 Å². The van der Waals surface area contributed by atoms with Gasteiger partial charge in [-0.15, -0.1) is 0 Å². The number of hydrazone groups is 1. The van der Waals surface area contributed by atoms with Gasteiger partial charge in [-0.05, 0) is 6.92 Å². The lowest BCUT2D eigenvalue weighted by Gasteiger charge is -2.02. The fraction of sp³-hybridized carbons (Fsp3) is 0.600. The van der Waals surface area contributed by atoms with Gasteiger partial charge >= 0.3 is 0 Å². The van der Waals surface area contributed by atoms with Gasteiger partial charge < -0.3 is 5.43 Å². The van der Waals surface area contributed by atoms with Crippen LogP contribution in [0.3, 0.4) is 0 Å². The van der Waals surface area contributed by atoms with Crippen molar-refractivity contribution in [2.75, 3.05) is 0 Å². The smallest absolute Gasteiger partial charge is 0.0643 e. The van der Waals surface area contributed by atoms with Crippen molar-refractivity contribution < 1.29 is 0 Å². The molecule has 0 saturated heterocycles. The second-order valence-electron chi connectivity index (χ2n) is 1.55. The Morgan fingerprint density at radius 2 is 2.62 bits per heavy atom. The first-order valence-electron chi connectivity index (χ1n) is 2.39. The largest absolute Gasteiger partial charge is 0.307 e. The fourth-order valence-corrected chi connectivity index (χ4v) is 0.338. The Morgan fingerprint density at radius 1 is 2.00 bits per heavy atom. The summed E-state index contributed by atoms with van der Waals surface area (Å²) in [5.41, 5.74) is 2.64. The van der Waals surface area contributed by atoms with Crippen molar-refractivity contribution in [3.8, 4) is 6.07 Å². The van der Waals surface area contributed by atoms with Crippen LogP contribution in [-0.4, -0.2) is 12.8 Å². The molecule has 0 aromatic rings. The summed E-state index contributed by atoms with van der Waals surface area (Å²) in [4.78, 5) is 0. The Bertz CT molecular complexity index is 103. The van der Waals surface area contributed by atoms with E-state index in [9.17, 15) is 0 Å². The highest BCUT2D eigenvalue weighted by Gasteiger charge is 1.93. The third kappa shape index (κ3) is 3.16. The molecule has 1 atom stereocenters. The van der Waals surface area contributed by atoms with Gasteiger partial charge in [-0.2, -0.15) is 10.4 Å². The number of nitriles is 1. The Balaban J connectivity index is 3.20. The average molecular weight is 111 g/mol. The third-order valence-electron chi connectivity index (χ3n) is 0.709. The summed E-state index contributed by atoms with van der Waals surface area (Å²) in [5.74, 6) is 0. The van der Waals surface area contributed by atoms with E-state index in [1.165, 1.54) is 0 Å². The molecule has 8 heavy (non-hydrogen) atoms. The van der Waals surface area contributed by atoms with Crippen molar-refractivity contribution in [3.63, 3.8) is 0 Å². The van der Waals surface area contributed by atoms with Crippen molar-refractivity contribution in [1.29, 1.82) is 5.26 Å². The molecule has 3 heteroatoms. The molecule has 0 amide bonds. The SMILES string of the molecule is C=NNC(C)CC#N. The third-order valence-corrected chi connectivity index (χ3v) is 0.709. The molecule has 0 aliphatic heterocycles. The maximum atomic E-state index is 8.11. The quantitative estimate of drug-likeness (QED) is 0.425. The van der Waals surface area contributed by atoms with E-state index in [-0.39, 0.29) is 6.04 Å². The monoisotopic (exact) mass is 111 g/mol. The van der Waals surface area contributed by atoms with Crippen LogP contribution in [0.5, 0.6) is 0 Å². The van der Waals surface area contributed by atoms with Crippen LogP contribution in [0.4, 0.5) is 0 Å². The van der Waals surface area contributed by atoms with Crippen molar-refractivity contribution in [2.45, 2.75) is 19.4 Å². The molecule has 0 aliphatic carbocycles. The lowest BCUT2D eigenvalue weighted by Crippen LogP contribution is -2.18. The van der Waals surface area contributed by atoms with E-state index in [0.717, 1.165) is 0 Å². The fourth-order valence-electron chi connectivity index (χ4n) is 0.338. The molecule has 44 valence electrons. The lowest BCUT2D eigenvalue weighted by molar-refractivity contribution is 0.587. The molecule has 1 unspecified atom stereocenters. The second kappa shape index (κ2) is 4.13. The van der Waals surface area contributed by atoms with Crippen molar-refractivity contribution in [3.05, 3.63) is 0 Å². The second-order valence-corrected chi connectivity index (χ2v) is 1.55. The summed E-state index contributed by atoms with van der Waals surface area (Å²) in [6, 6.07) is 2.12. The van der Waals surface area contributed by atoms with Gasteiger partial charge in [0, 0.05) is 6.72 Å². The maximum absolute atomic E-state index is 8.11. The zero-order valence-electron chi connectivity index (χ0n) is 4.89. The molecule has 1 N–H and O–H groups in total. The minimum atomic E-state index is 0.123. The van der Waals surface area contributed by atoms with Crippen molar-refractivity contribution in [2.24, 2.45) is 5.10 Å². The summed E-state index contributed by atoms with van der Waals surface area (Å²) in [7, 11) is 0. The molecule has 3 nitrogen and oxygen atoms in total. The summed E-state index contributed by atoms with van der Waals surface area (Å²) < 4.78 is 0. The molecular weight excluding hydrogens is 102 g/mol. The van der Waals surface area contributed by atoms with Gasteiger partial charge in [-0.1, -0.05) is 0 Å². The molecule has 0 heterocycles. The van der Waals surface area contributed by atoms with Crippen LogP contribution in [0.15, 0.2) is 5.10 Å². The van der Waals surface area contributed by atoms with Crippen LogP contribution in [0.25, 0.3) is 0 Å². The Hall–Kier alpha value is -1.04. The number of rotatable bonds is 3. The van der Waals surface area contributed by atoms with Gasteiger partial charge in [0.1, 0.15) is 0 Å². The molecule has 0 rings (SSSR count). The first-order valence-corrected chi connectivity index (χ1v) is 2.39. The van der Waals surface area contributed by atoms with Crippen LogP contribution >= 0.6 is 0 Å². The molecular formula is C5H9N3. The molecule has 0 aromatic carbocycles. The topological polar surface area (TPSA) is 48.2 Å². The molecule has 0 fully saturated rings. The van der Waals surface area contributed by atoms with E-state index in [1.807, 2.05) is 13.0 Å². The molecule has 0 radical (unpaired) electrons. The van der Waals surface area contributed by atoms with E-state index in [0.29, 0.717) is 6.42 Å². The summed E-state index contributed by atoms with van der Waals surface area (Å²) in [6.07, 6.45) is 0.471. The van der Waals surface area contributed by atoms with Gasteiger partial charge in [0.05, 0.1) is 18.5 Å². The number of nitrogens with zero attached hydrogens (tertiary/aromatic N) is 2. The molecule has 0 aromatic heterocycles. The van der Waals surface area contributed by atoms with Crippen molar-refractivity contribution >= 4 is 6.72 Å². The first-order chi connectivity index (χ1) is 3.81. The molecule has 0 aliphatic rings. The van der Waals surface area contributed by atoms with Crippen LogP contribution in [0, 0.1) is 11.3 Å². The normalized spacial score (nSPS) is 11.5. The predicted octanol–water partition coefficient (Wildman–Crippen LogP) is 0.494. The first kappa shape index (κ1) is 6.96. The predicted molar refractivity (Wildman–Crippen MR) is 32.4 cm³/mol. The van der Waals surface area contributed by atoms with E-state index >= 15 is 0 Å². The van der Waals surface area contributed by atoms with Gasteiger partial charge in [0.15, 0.2) is 0 Å². The minimum Gasteiger partial charge on any atom is -0.307 e. The Kier molecular flexibility index (Phi) is 3.59. The highest BCUT2D eigenvalue weighted by molar-refractivity contribution is 5.22. The van der Waals surface area contributed by atoms with Crippen LogP contribution in [0.2, 0.25) is 0 Å². The standard InChI is InChI=1S/C5H9N3/c1-5(3-4-6)8-7-2/h5,8H,2-3H2,1H3. The lowest BCUT2D eigenvalue weighted by atomic mass is 10.3. The van der Waals surface area contributed by atoms with Crippen LogP contribution in [-0.2, 0) is 0 Å². The highest BCUT2D eigenvalue weighted by Crippen LogP contribution is 1.84. The Morgan fingerprint density at radius 3 is 3.00 bits per heavy atom. The van der Waals surface area contributed by atoms with Crippen molar-refractivity contribution in [1.82, 2.24) is 5.43 Å². The van der Waals surface area contributed by atoms with Crippen LogP contribution in [0.1, 0.15) is 13.3 Å². The van der Waals surface area contributed by atoms with Gasteiger partial charge in [0.25, 0.3) is 0 Å². The van der Waals surface area contributed by atoms with E-state index in [4.69, 9.17) is 5.26 Å². The summed E-state index contributed by atoms with van der Waals surface area (Å²) in [6.45, 7) is 5.09. The maximum Gasteiger partial charge on any atom is 0.0643 e. The van der Waals surface area contributed by atoms with Gasteiger partial charge in [0.2, 0.25) is 0 Å². The Labute approximate surface area is 49.0 Å². The minimum absolute atomic E-state index is 0.123. The van der Waals surface area contributed by atoms with E-state index in [2.05, 4.69) is 17.2 Å².